The van der Waals surface area contributed by atoms with E-state index in [0.29, 0.717) is 28.0 Å². The summed E-state index contributed by atoms with van der Waals surface area (Å²) in [4.78, 5) is 28.6. The van der Waals surface area contributed by atoms with Gasteiger partial charge in [-0.05, 0) is 48.0 Å². The minimum atomic E-state index is -1.09. The van der Waals surface area contributed by atoms with Gasteiger partial charge >= 0.3 is 6.09 Å². The number of aromatic nitrogens is 4. The van der Waals surface area contributed by atoms with Crippen LogP contribution >= 0.6 is 11.6 Å². The van der Waals surface area contributed by atoms with Gasteiger partial charge in [0.2, 0.25) is 11.6 Å². The van der Waals surface area contributed by atoms with E-state index in [9.17, 15) is 9.59 Å². The number of pyridine rings is 1. The van der Waals surface area contributed by atoms with Gasteiger partial charge in [0.05, 0.1) is 18.4 Å². The Labute approximate surface area is 203 Å². The van der Waals surface area contributed by atoms with Crippen LogP contribution in [0.15, 0.2) is 90.0 Å². The van der Waals surface area contributed by atoms with Crippen LogP contribution in [-0.4, -0.2) is 25.3 Å². The molecule has 0 spiro atoms. The molecular formula is C25H18ClN5O4. The van der Waals surface area contributed by atoms with Crippen molar-refractivity contribution in [3.8, 4) is 28.6 Å². The lowest BCUT2D eigenvalue weighted by Gasteiger charge is -2.10. The number of rotatable bonds is 6. The highest BCUT2D eigenvalue weighted by Crippen LogP contribution is 2.25. The molecule has 0 unspecified atom stereocenters. The number of nitrogens with two attached hydrogens (primary N) is 1. The zero-order chi connectivity index (χ0) is 24.4. The van der Waals surface area contributed by atoms with Crippen LogP contribution < -0.4 is 20.8 Å². The van der Waals surface area contributed by atoms with E-state index in [2.05, 4.69) is 10.1 Å². The molecule has 35 heavy (non-hydrogen) atoms. The summed E-state index contributed by atoms with van der Waals surface area (Å²) >= 11 is 5.98. The fourth-order valence-corrected chi connectivity index (χ4v) is 3.68. The summed E-state index contributed by atoms with van der Waals surface area (Å²) in [6.07, 6.45) is 1.90. The van der Waals surface area contributed by atoms with Crippen molar-refractivity contribution in [2.24, 2.45) is 5.73 Å². The van der Waals surface area contributed by atoms with Crippen LogP contribution in [0.25, 0.3) is 16.9 Å². The molecule has 2 aromatic carbocycles. The summed E-state index contributed by atoms with van der Waals surface area (Å²) in [5.41, 5.74) is 7.37. The van der Waals surface area contributed by atoms with Gasteiger partial charge in [-0.25, -0.2) is 14.3 Å². The van der Waals surface area contributed by atoms with Gasteiger partial charge in [-0.2, -0.15) is 5.10 Å². The first-order valence-electron chi connectivity index (χ1n) is 10.5. The number of halogens is 1. The summed E-state index contributed by atoms with van der Waals surface area (Å²) in [6.45, 7) is 0.206. The minimum Gasteiger partial charge on any atom is -0.439 e. The van der Waals surface area contributed by atoms with Crippen molar-refractivity contribution in [1.82, 2.24) is 19.2 Å². The SMILES string of the molecule is NC(=O)Oc1cn2nc(-c3ccc(Oc4ccccn4)cc3)cc2n(Cc2ccc(Cl)cc2)c1=O. The Hall–Kier alpha value is -4.63. The maximum Gasteiger partial charge on any atom is 0.410 e. The van der Waals surface area contributed by atoms with E-state index >= 15 is 0 Å². The van der Waals surface area contributed by atoms with Gasteiger partial charge in [0.1, 0.15) is 11.4 Å². The quantitative estimate of drug-likeness (QED) is 0.377. The van der Waals surface area contributed by atoms with Crippen LogP contribution in [0.5, 0.6) is 17.4 Å². The number of fused-ring (bicyclic) bond motifs is 1. The van der Waals surface area contributed by atoms with Crippen molar-refractivity contribution in [1.29, 1.82) is 0 Å². The zero-order valence-electron chi connectivity index (χ0n) is 18.2. The van der Waals surface area contributed by atoms with Crippen molar-refractivity contribution < 1.29 is 14.3 Å². The summed E-state index contributed by atoms with van der Waals surface area (Å²) in [6, 6.07) is 21.6. The molecule has 0 aliphatic rings. The van der Waals surface area contributed by atoms with Crippen molar-refractivity contribution in [3.63, 3.8) is 0 Å². The Morgan fingerprint density at radius 2 is 1.80 bits per heavy atom. The predicted molar refractivity (Wildman–Crippen MR) is 130 cm³/mol. The number of amides is 1. The third kappa shape index (κ3) is 4.85. The first-order chi connectivity index (χ1) is 17.0. The van der Waals surface area contributed by atoms with E-state index in [0.717, 1.165) is 11.1 Å². The summed E-state index contributed by atoms with van der Waals surface area (Å²) in [7, 11) is 0. The van der Waals surface area contributed by atoms with E-state index in [1.807, 2.05) is 36.4 Å². The van der Waals surface area contributed by atoms with Crippen molar-refractivity contribution >= 4 is 23.3 Å². The highest BCUT2D eigenvalue weighted by molar-refractivity contribution is 6.30. The van der Waals surface area contributed by atoms with Crippen LogP contribution in [0, 0.1) is 0 Å². The number of primary amides is 1. The lowest BCUT2D eigenvalue weighted by atomic mass is 10.1. The van der Waals surface area contributed by atoms with Gasteiger partial charge < -0.3 is 15.2 Å². The number of carbonyl (C=O) groups excluding carboxylic acids is 1. The molecule has 1 amide bonds. The van der Waals surface area contributed by atoms with E-state index in [1.54, 1.807) is 42.6 Å². The largest absolute Gasteiger partial charge is 0.439 e. The van der Waals surface area contributed by atoms with Crippen molar-refractivity contribution in [3.05, 3.63) is 106 Å². The Morgan fingerprint density at radius 1 is 1.03 bits per heavy atom. The predicted octanol–water partition coefficient (Wildman–Crippen LogP) is 4.51. The highest BCUT2D eigenvalue weighted by atomic mass is 35.5. The molecule has 5 rings (SSSR count). The number of nitrogens with zero attached hydrogens (tertiary/aromatic N) is 4. The van der Waals surface area contributed by atoms with Crippen LogP contribution in [0.2, 0.25) is 5.02 Å². The number of carbonyl (C=O) groups is 1. The Kier molecular flexibility index (Phi) is 5.90. The molecule has 0 aliphatic heterocycles. The van der Waals surface area contributed by atoms with Gasteiger partial charge in [-0.15, -0.1) is 0 Å². The molecule has 3 heterocycles. The molecule has 0 radical (unpaired) electrons. The normalized spacial score (nSPS) is 10.9. The second-order valence-corrected chi connectivity index (χ2v) is 8.00. The first kappa shape index (κ1) is 22.2. The lowest BCUT2D eigenvalue weighted by molar-refractivity contribution is 0.209. The molecular weight excluding hydrogens is 470 g/mol. The average molecular weight is 488 g/mol. The van der Waals surface area contributed by atoms with Gasteiger partial charge in [-0.1, -0.05) is 29.8 Å². The number of hydrogen-bond acceptors (Lipinski definition) is 6. The van der Waals surface area contributed by atoms with Crippen LogP contribution in [0.4, 0.5) is 4.79 Å². The zero-order valence-corrected chi connectivity index (χ0v) is 18.9. The first-order valence-corrected chi connectivity index (χ1v) is 10.9. The average Bonchev–Trinajstić information content (AvgIpc) is 3.27. The second kappa shape index (κ2) is 9.32. The Bertz CT molecular complexity index is 1560. The number of benzene rings is 2. The fourth-order valence-electron chi connectivity index (χ4n) is 3.55. The Balaban J connectivity index is 1.53. The van der Waals surface area contributed by atoms with Gasteiger partial charge in [0.25, 0.3) is 5.56 Å². The fraction of sp³-hybridized carbons (Fsp3) is 0.0400. The topological polar surface area (TPSA) is 114 Å². The molecule has 0 saturated heterocycles. The monoisotopic (exact) mass is 487 g/mol. The molecule has 10 heteroatoms. The van der Waals surface area contributed by atoms with Gasteiger partial charge in [0.15, 0.2) is 0 Å². The van der Waals surface area contributed by atoms with E-state index < -0.39 is 11.7 Å². The molecule has 9 nitrogen and oxygen atoms in total. The lowest BCUT2D eigenvalue weighted by Crippen LogP contribution is -2.28. The molecule has 5 aromatic rings. The highest BCUT2D eigenvalue weighted by Gasteiger charge is 2.16. The maximum absolute atomic E-state index is 13.1. The Morgan fingerprint density at radius 3 is 2.49 bits per heavy atom. The van der Waals surface area contributed by atoms with Crippen LogP contribution in [0.3, 0.4) is 0 Å². The minimum absolute atomic E-state index is 0.206. The van der Waals surface area contributed by atoms with Crippen LogP contribution in [-0.2, 0) is 6.54 Å². The van der Waals surface area contributed by atoms with Crippen molar-refractivity contribution in [2.75, 3.05) is 0 Å². The summed E-state index contributed by atoms with van der Waals surface area (Å²) < 4.78 is 13.6. The van der Waals surface area contributed by atoms with Gasteiger partial charge in [0, 0.05) is 28.9 Å². The van der Waals surface area contributed by atoms with E-state index in [1.165, 1.54) is 15.3 Å². The smallest absolute Gasteiger partial charge is 0.410 e. The number of hydrogen-bond donors (Lipinski definition) is 1. The third-order valence-corrected chi connectivity index (χ3v) is 5.41. The molecule has 0 fully saturated rings. The molecule has 0 bridgehead atoms. The second-order valence-electron chi connectivity index (χ2n) is 7.56. The molecule has 2 N–H and O–H groups in total. The summed E-state index contributed by atoms with van der Waals surface area (Å²) in [5.74, 6) is 0.877. The molecule has 3 aromatic heterocycles. The molecule has 0 saturated carbocycles. The maximum atomic E-state index is 13.1. The number of ether oxygens (including phenoxy) is 2. The van der Waals surface area contributed by atoms with E-state index in [4.69, 9.17) is 26.8 Å². The van der Waals surface area contributed by atoms with Gasteiger partial charge in [-0.3, -0.25) is 9.36 Å². The molecule has 174 valence electrons. The van der Waals surface area contributed by atoms with Crippen molar-refractivity contribution in [2.45, 2.75) is 6.54 Å². The molecule has 0 aliphatic carbocycles. The van der Waals surface area contributed by atoms with E-state index in [-0.39, 0.29) is 12.3 Å². The van der Waals surface area contributed by atoms with Crippen LogP contribution in [0.1, 0.15) is 5.56 Å². The standard InChI is InChI=1S/C25H18ClN5O4/c26-18-8-4-16(5-9-18)14-30-23-13-20(29-31(23)15-21(24(30)32)35-25(27)33)17-6-10-19(11-7-17)34-22-3-1-2-12-28-22/h1-13,15H,14H2,(H2,27,33). The summed E-state index contributed by atoms with van der Waals surface area (Å²) in [5, 5.41) is 5.16. The molecule has 0 atom stereocenters. The third-order valence-electron chi connectivity index (χ3n) is 5.16.